The number of fused-ring (bicyclic) bond motifs is 1. The van der Waals surface area contributed by atoms with Crippen LogP contribution < -0.4 is 15.4 Å². The first-order valence-corrected chi connectivity index (χ1v) is 13.8. The van der Waals surface area contributed by atoms with Gasteiger partial charge in [-0.3, -0.25) is 9.89 Å². The minimum Gasteiger partial charge on any atom is -0.495 e. The lowest BCUT2D eigenvalue weighted by molar-refractivity contribution is 0.125. The highest BCUT2D eigenvalue weighted by Crippen LogP contribution is 2.37. The molecule has 1 saturated heterocycles. The number of ether oxygens (including phenoxy) is 1. The van der Waals surface area contributed by atoms with Gasteiger partial charge in [0.25, 0.3) is 0 Å². The molecule has 0 spiro atoms. The molecular weight excluding hydrogens is 486 g/mol. The lowest BCUT2D eigenvalue weighted by Crippen LogP contribution is -2.46. The first kappa shape index (κ1) is 26.8. The van der Waals surface area contributed by atoms with Crippen molar-refractivity contribution < 1.29 is 9.15 Å². The normalized spacial score (nSPS) is 15.1. The van der Waals surface area contributed by atoms with Gasteiger partial charge in [0.15, 0.2) is 0 Å². The van der Waals surface area contributed by atoms with Crippen molar-refractivity contribution in [3.05, 3.63) is 90.0 Å². The summed E-state index contributed by atoms with van der Waals surface area (Å²) in [5, 5.41) is 1.01. The summed E-state index contributed by atoms with van der Waals surface area (Å²) in [4.78, 5) is 11.3. The van der Waals surface area contributed by atoms with Crippen LogP contribution in [-0.4, -0.2) is 62.6 Å². The first-order chi connectivity index (χ1) is 19.1. The van der Waals surface area contributed by atoms with Gasteiger partial charge in [0.2, 0.25) is 11.8 Å². The summed E-state index contributed by atoms with van der Waals surface area (Å²) in [7, 11) is 3.36. The van der Waals surface area contributed by atoms with Crippen molar-refractivity contribution >= 4 is 28.5 Å². The SMILES string of the molecule is CN=C(N)N(c1cc2ccccc2o1)c1cc(CCCCN2CCN(Cc3ccccc3)CC2)ccc1OC. The van der Waals surface area contributed by atoms with Gasteiger partial charge >= 0.3 is 0 Å². The minimum absolute atomic E-state index is 0.343. The van der Waals surface area contributed by atoms with Crippen molar-refractivity contribution in [3.63, 3.8) is 0 Å². The highest BCUT2D eigenvalue weighted by molar-refractivity contribution is 6.03. The standard InChI is InChI=1S/C32H39N5O2/c1-34-32(33)37(31-23-27-13-6-7-14-29(27)39-31)28-22-25(15-16-30(28)38-2)10-8-9-17-35-18-20-36(21-19-35)24-26-11-4-3-5-12-26/h3-7,11-16,22-23H,8-10,17-21,24H2,1-2H3,(H2,33,34). The van der Waals surface area contributed by atoms with Gasteiger partial charge in [-0.05, 0) is 55.1 Å². The average molecular weight is 526 g/mol. The largest absolute Gasteiger partial charge is 0.495 e. The van der Waals surface area contributed by atoms with E-state index in [1.807, 2.05) is 41.3 Å². The molecule has 7 heteroatoms. The van der Waals surface area contributed by atoms with Crippen LogP contribution in [0.2, 0.25) is 0 Å². The van der Waals surface area contributed by atoms with Gasteiger partial charge in [0.1, 0.15) is 11.3 Å². The number of piperazine rings is 1. The van der Waals surface area contributed by atoms with Gasteiger partial charge in [0, 0.05) is 51.2 Å². The molecule has 7 nitrogen and oxygen atoms in total. The molecule has 0 bridgehead atoms. The fourth-order valence-electron chi connectivity index (χ4n) is 5.28. The Morgan fingerprint density at radius 2 is 1.64 bits per heavy atom. The number of benzene rings is 3. The maximum atomic E-state index is 6.39. The molecule has 5 rings (SSSR count). The molecule has 0 radical (unpaired) electrons. The zero-order valence-electron chi connectivity index (χ0n) is 23.1. The maximum Gasteiger partial charge on any atom is 0.208 e. The Morgan fingerprint density at radius 3 is 2.38 bits per heavy atom. The third-order valence-electron chi connectivity index (χ3n) is 7.48. The zero-order chi connectivity index (χ0) is 27.0. The van der Waals surface area contributed by atoms with Gasteiger partial charge in [-0.2, -0.15) is 0 Å². The van der Waals surface area contributed by atoms with E-state index < -0.39 is 0 Å². The monoisotopic (exact) mass is 525 g/mol. The third-order valence-corrected chi connectivity index (χ3v) is 7.48. The van der Waals surface area contributed by atoms with Crippen LogP contribution in [0.3, 0.4) is 0 Å². The molecule has 0 saturated carbocycles. The smallest absolute Gasteiger partial charge is 0.208 e. The predicted octanol–water partition coefficient (Wildman–Crippen LogP) is 5.66. The van der Waals surface area contributed by atoms with Crippen molar-refractivity contribution in [2.24, 2.45) is 10.7 Å². The van der Waals surface area contributed by atoms with E-state index in [-0.39, 0.29) is 0 Å². The summed E-state index contributed by atoms with van der Waals surface area (Å²) >= 11 is 0. The van der Waals surface area contributed by atoms with Crippen LogP contribution in [0.1, 0.15) is 24.0 Å². The van der Waals surface area contributed by atoms with Crippen molar-refractivity contribution in [1.29, 1.82) is 0 Å². The lowest BCUT2D eigenvalue weighted by atomic mass is 10.1. The van der Waals surface area contributed by atoms with Crippen molar-refractivity contribution in [2.45, 2.75) is 25.8 Å². The van der Waals surface area contributed by atoms with Gasteiger partial charge in [0.05, 0.1) is 12.8 Å². The molecule has 2 heterocycles. The number of para-hydroxylation sites is 1. The molecule has 0 unspecified atom stereocenters. The van der Waals surface area contributed by atoms with Crippen molar-refractivity contribution in [1.82, 2.24) is 9.80 Å². The molecule has 4 aromatic rings. The van der Waals surface area contributed by atoms with Crippen LogP contribution in [0.25, 0.3) is 11.0 Å². The van der Waals surface area contributed by atoms with Crippen LogP contribution in [0.4, 0.5) is 11.6 Å². The van der Waals surface area contributed by atoms with E-state index in [0.717, 1.165) is 74.5 Å². The number of anilines is 2. The quantitative estimate of drug-likeness (QED) is 0.164. The van der Waals surface area contributed by atoms with Crippen LogP contribution in [-0.2, 0) is 13.0 Å². The van der Waals surface area contributed by atoms with E-state index in [1.165, 1.54) is 17.5 Å². The summed E-state index contributed by atoms with van der Waals surface area (Å²) in [6.45, 7) is 6.74. The number of hydrogen-bond acceptors (Lipinski definition) is 5. The summed E-state index contributed by atoms with van der Waals surface area (Å²) < 4.78 is 11.9. The second kappa shape index (κ2) is 12.8. The number of furan rings is 1. The van der Waals surface area contributed by atoms with E-state index in [0.29, 0.717) is 11.8 Å². The first-order valence-electron chi connectivity index (χ1n) is 13.8. The van der Waals surface area contributed by atoms with E-state index >= 15 is 0 Å². The number of unbranched alkanes of at least 4 members (excludes halogenated alkanes) is 1. The Balaban J connectivity index is 1.19. The molecule has 0 atom stereocenters. The fraction of sp³-hybridized carbons (Fsp3) is 0.344. The molecule has 1 aliphatic rings. The number of guanidine groups is 1. The number of aryl methyl sites for hydroxylation is 1. The molecule has 0 amide bonds. The number of nitrogens with zero attached hydrogens (tertiary/aromatic N) is 4. The van der Waals surface area contributed by atoms with Gasteiger partial charge in [-0.1, -0.05) is 54.6 Å². The Morgan fingerprint density at radius 1 is 0.897 bits per heavy atom. The molecule has 204 valence electrons. The minimum atomic E-state index is 0.343. The topological polar surface area (TPSA) is 70.5 Å². The summed E-state index contributed by atoms with van der Waals surface area (Å²) in [6, 6.07) is 27.0. The van der Waals surface area contributed by atoms with E-state index in [4.69, 9.17) is 14.9 Å². The second-order valence-corrected chi connectivity index (χ2v) is 10.1. The van der Waals surface area contributed by atoms with E-state index in [9.17, 15) is 0 Å². The van der Waals surface area contributed by atoms with Gasteiger partial charge in [-0.15, -0.1) is 0 Å². The Labute approximate surface area is 231 Å². The van der Waals surface area contributed by atoms with Gasteiger partial charge in [-0.25, -0.2) is 4.90 Å². The molecule has 0 aliphatic carbocycles. The second-order valence-electron chi connectivity index (χ2n) is 10.1. The highest BCUT2D eigenvalue weighted by atomic mass is 16.5. The fourth-order valence-corrected chi connectivity index (χ4v) is 5.28. The molecule has 1 aromatic heterocycles. The maximum absolute atomic E-state index is 6.39. The number of methoxy groups -OCH3 is 1. The number of aliphatic imine (C=N–C) groups is 1. The van der Waals surface area contributed by atoms with Gasteiger partial charge < -0.3 is 19.8 Å². The number of hydrogen-bond donors (Lipinski definition) is 1. The Bertz CT molecular complexity index is 1340. The molecule has 3 aromatic carbocycles. The van der Waals surface area contributed by atoms with Crippen LogP contribution in [0.15, 0.2) is 88.3 Å². The predicted molar refractivity (Wildman–Crippen MR) is 160 cm³/mol. The zero-order valence-corrected chi connectivity index (χ0v) is 23.1. The third kappa shape index (κ3) is 6.61. The molecule has 39 heavy (non-hydrogen) atoms. The number of rotatable bonds is 10. The van der Waals surface area contributed by atoms with Crippen LogP contribution >= 0.6 is 0 Å². The summed E-state index contributed by atoms with van der Waals surface area (Å²) in [5.74, 6) is 1.68. The van der Waals surface area contributed by atoms with E-state index in [1.54, 1.807) is 14.2 Å². The molecule has 1 aliphatic heterocycles. The molecule has 2 N–H and O–H groups in total. The Hall–Kier alpha value is -3.81. The lowest BCUT2D eigenvalue weighted by Gasteiger charge is -2.34. The summed E-state index contributed by atoms with van der Waals surface area (Å²) in [5.41, 5.74) is 10.7. The molecule has 1 fully saturated rings. The number of nitrogens with two attached hydrogens (primary N) is 1. The average Bonchev–Trinajstić information content (AvgIpc) is 3.40. The van der Waals surface area contributed by atoms with E-state index in [2.05, 4.69) is 57.3 Å². The van der Waals surface area contributed by atoms with Crippen LogP contribution in [0.5, 0.6) is 5.75 Å². The van der Waals surface area contributed by atoms with Crippen LogP contribution in [0, 0.1) is 0 Å². The van der Waals surface area contributed by atoms with Crippen molar-refractivity contribution in [2.75, 3.05) is 51.8 Å². The van der Waals surface area contributed by atoms with Crippen molar-refractivity contribution in [3.8, 4) is 5.75 Å². The summed E-state index contributed by atoms with van der Waals surface area (Å²) in [6.07, 6.45) is 3.28. The highest BCUT2D eigenvalue weighted by Gasteiger charge is 2.22. The molecular formula is C32H39N5O2. The Kier molecular flexibility index (Phi) is 8.81.